The molecule has 3 amide bonds. The second-order valence-electron chi connectivity index (χ2n) is 2.09. The van der Waals surface area contributed by atoms with Crippen LogP contribution < -0.4 is 16.6 Å². The molecule has 0 aromatic heterocycles. The van der Waals surface area contributed by atoms with Gasteiger partial charge in [-0.3, -0.25) is 10.2 Å². The van der Waals surface area contributed by atoms with Crippen molar-refractivity contribution in [2.45, 2.75) is 13.3 Å². The summed E-state index contributed by atoms with van der Waals surface area (Å²) in [5, 5.41) is 0. The first-order valence-corrected chi connectivity index (χ1v) is 3.58. The van der Waals surface area contributed by atoms with E-state index in [2.05, 4.69) is 11.2 Å². The zero-order valence-electron chi connectivity index (χ0n) is 6.92. The maximum Gasteiger partial charge on any atom is 0.330 e. The molecule has 6 nitrogen and oxygen atoms in total. The molecule has 12 heavy (non-hydrogen) atoms. The monoisotopic (exact) mass is 175 g/mol. The van der Waals surface area contributed by atoms with Gasteiger partial charge in [0.25, 0.3) is 5.91 Å². The van der Waals surface area contributed by atoms with Crippen molar-refractivity contribution in [1.29, 1.82) is 0 Å². The van der Waals surface area contributed by atoms with E-state index in [1.807, 2.05) is 12.3 Å². The Hall–Kier alpha value is -1.30. The predicted molar refractivity (Wildman–Crippen MR) is 42.0 cm³/mol. The number of hydrogen-bond acceptors (Lipinski definition) is 3. The average Bonchev–Trinajstić information content (AvgIpc) is 2.01. The van der Waals surface area contributed by atoms with E-state index < -0.39 is 11.9 Å². The molecule has 6 heteroatoms. The van der Waals surface area contributed by atoms with Gasteiger partial charge in [0.1, 0.15) is 6.61 Å². The molecule has 0 unspecified atom stereocenters. The van der Waals surface area contributed by atoms with Gasteiger partial charge in [0.05, 0.1) is 0 Å². The van der Waals surface area contributed by atoms with Gasteiger partial charge < -0.3 is 10.5 Å². The van der Waals surface area contributed by atoms with Crippen LogP contribution in [0.5, 0.6) is 0 Å². The lowest BCUT2D eigenvalue weighted by Crippen LogP contribution is -2.45. The quantitative estimate of drug-likeness (QED) is 0.382. The van der Waals surface area contributed by atoms with Crippen LogP contribution in [0, 0.1) is 0 Å². The lowest BCUT2D eigenvalue weighted by atomic mass is 10.5. The topological polar surface area (TPSA) is 93.4 Å². The Morgan fingerprint density at radius 1 is 1.42 bits per heavy atom. The molecular formula is C6H13N3O3. The van der Waals surface area contributed by atoms with Gasteiger partial charge in [0.15, 0.2) is 0 Å². The third kappa shape index (κ3) is 6.81. The summed E-state index contributed by atoms with van der Waals surface area (Å²) in [6.45, 7) is 2.37. The van der Waals surface area contributed by atoms with Gasteiger partial charge in [-0.25, -0.2) is 10.2 Å². The first-order chi connectivity index (χ1) is 5.66. The largest absolute Gasteiger partial charge is 0.372 e. The molecule has 4 N–H and O–H groups in total. The van der Waals surface area contributed by atoms with E-state index in [-0.39, 0.29) is 6.61 Å². The number of primary amides is 1. The van der Waals surface area contributed by atoms with Crippen molar-refractivity contribution in [1.82, 2.24) is 10.9 Å². The van der Waals surface area contributed by atoms with Gasteiger partial charge in [0, 0.05) is 6.61 Å². The molecule has 0 aliphatic carbocycles. The number of rotatable bonds is 4. The molecule has 0 fully saturated rings. The van der Waals surface area contributed by atoms with Crippen LogP contribution in [0.1, 0.15) is 13.3 Å². The zero-order chi connectivity index (χ0) is 9.40. The van der Waals surface area contributed by atoms with Gasteiger partial charge in [-0.15, -0.1) is 0 Å². The number of nitrogens with one attached hydrogen (secondary N) is 2. The molecule has 0 radical (unpaired) electrons. The summed E-state index contributed by atoms with van der Waals surface area (Å²) in [6.07, 6.45) is 0.844. The Kier molecular flexibility index (Phi) is 5.72. The number of hydrazine groups is 1. The summed E-state index contributed by atoms with van der Waals surface area (Å²) in [5.74, 6) is -0.428. The Morgan fingerprint density at radius 2 is 2.08 bits per heavy atom. The van der Waals surface area contributed by atoms with Crippen molar-refractivity contribution in [3.05, 3.63) is 0 Å². The first kappa shape index (κ1) is 10.7. The number of hydrogen-bond donors (Lipinski definition) is 3. The fourth-order valence-corrected chi connectivity index (χ4v) is 0.477. The SMILES string of the molecule is CCCOCC(=O)NNC(N)=O. The van der Waals surface area contributed by atoms with Gasteiger partial charge in [0.2, 0.25) is 0 Å². The molecule has 0 aromatic rings. The van der Waals surface area contributed by atoms with E-state index in [4.69, 9.17) is 4.74 Å². The second kappa shape index (κ2) is 6.41. The number of carbonyl (C=O) groups excluding carboxylic acids is 2. The Morgan fingerprint density at radius 3 is 2.58 bits per heavy atom. The highest BCUT2D eigenvalue weighted by atomic mass is 16.5. The van der Waals surface area contributed by atoms with Gasteiger partial charge in [-0.05, 0) is 6.42 Å². The lowest BCUT2D eigenvalue weighted by Gasteiger charge is -2.04. The van der Waals surface area contributed by atoms with E-state index in [0.29, 0.717) is 6.61 Å². The number of amides is 3. The summed E-state index contributed by atoms with van der Waals surface area (Å²) in [4.78, 5) is 20.8. The maximum absolute atomic E-state index is 10.7. The third-order valence-corrected chi connectivity index (χ3v) is 0.907. The number of ether oxygens (including phenoxy) is 1. The Labute approximate surface area is 70.4 Å². The highest BCUT2D eigenvalue weighted by Crippen LogP contribution is 1.78. The second-order valence-corrected chi connectivity index (χ2v) is 2.09. The molecule has 0 atom stereocenters. The fraction of sp³-hybridized carbons (Fsp3) is 0.667. The van der Waals surface area contributed by atoms with Crippen molar-refractivity contribution in [2.24, 2.45) is 5.73 Å². The van der Waals surface area contributed by atoms with Crippen LogP contribution in [0.2, 0.25) is 0 Å². The van der Waals surface area contributed by atoms with Gasteiger partial charge in [-0.2, -0.15) is 0 Å². The number of nitrogens with two attached hydrogens (primary N) is 1. The average molecular weight is 175 g/mol. The summed E-state index contributed by atoms with van der Waals surface area (Å²) in [7, 11) is 0. The minimum absolute atomic E-state index is 0.0753. The molecular weight excluding hydrogens is 162 g/mol. The molecule has 0 aliphatic heterocycles. The molecule has 0 aliphatic rings. The molecule has 0 heterocycles. The first-order valence-electron chi connectivity index (χ1n) is 3.58. The highest BCUT2D eigenvalue weighted by Gasteiger charge is 1.99. The van der Waals surface area contributed by atoms with E-state index in [9.17, 15) is 9.59 Å². The summed E-state index contributed by atoms with van der Waals surface area (Å²) in [6, 6.07) is -0.807. The number of urea groups is 1. The van der Waals surface area contributed by atoms with Crippen molar-refractivity contribution in [3.63, 3.8) is 0 Å². The molecule has 0 aromatic carbocycles. The number of carbonyl (C=O) groups is 2. The van der Waals surface area contributed by atoms with Gasteiger partial charge >= 0.3 is 6.03 Å². The summed E-state index contributed by atoms with van der Waals surface area (Å²) in [5.41, 5.74) is 8.67. The molecule has 0 bridgehead atoms. The summed E-state index contributed by atoms with van der Waals surface area (Å²) >= 11 is 0. The van der Waals surface area contributed by atoms with E-state index in [0.717, 1.165) is 6.42 Å². The highest BCUT2D eigenvalue weighted by molar-refractivity contribution is 5.80. The van der Waals surface area contributed by atoms with E-state index in [1.165, 1.54) is 0 Å². The van der Waals surface area contributed by atoms with Crippen LogP contribution in [0.15, 0.2) is 0 Å². The molecule has 0 spiro atoms. The standard InChI is InChI=1S/C6H13N3O3/c1-2-3-12-4-5(10)8-9-6(7)11/h2-4H2,1H3,(H,8,10)(H3,7,9,11). The lowest BCUT2D eigenvalue weighted by molar-refractivity contribution is -0.126. The predicted octanol–water partition coefficient (Wildman–Crippen LogP) is -0.887. The fourth-order valence-electron chi connectivity index (χ4n) is 0.477. The third-order valence-electron chi connectivity index (χ3n) is 0.907. The minimum Gasteiger partial charge on any atom is -0.372 e. The maximum atomic E-state index is 10.7. The van der Waals surface area contributed by atoms with Crippen molar-refractivity contribution >= 4 is 11.9 Å². The molecule has 70 valence electrons. The van der Waals surface area contributed by atoms with Crippen LogP contribution in [-0.4, -0.2) is 25.2 Å². The van der Waals surface area contributed by atoms with Crippen LogP contribution in [0.4, 0.5) is 4.79 Å². The van der Waals surface area contributed by atoms with Crippen molar-refractivity contribution < 1.29 is 14.3 Å². The zero-order valence-corrected chi connectivity index (χ0v) is 6.92. The normalized spacial score (nSPS) is 9.08. The molecule has 0 rings (SSSR count). The van der Waals surface area contributed by atoms with E-state index in [1.54, 1.807) is 0 Å². The van der Waals surface area contributed by atoms with Gasteiger partial charge in [-0.1, -0.05) is 6.92 Å². The Bertz CT molecular complexity index is 160. The summed E-state index contributed by atoms with van der Waals surface area (Å²) < 4.78 is 4.87. The van der Waals surface area contributed by atoms with Crippen LogP contribution in [0.25, 0.3) is 0 Å². The van der Waals surface area contributed by atoms with Crippen LogP contribution in [0.3, 0.4) is 0 Å². The van der Waals surface area contributed by atoms with Crippen molar-refractivity contribution in [3.8, 4) is 0 Å². The minimum atomic E-state index is -0.807. The molecule has 0 saturated heterocycles. The van der Waals surface area contributed by atoms with Crippen LogP contribution >= 0.6 is 0 Å². The Balaban J connectivity index is 3.28. The van der Waals surface area contributed by atoms with Crippen molar-refractivity contribution in [2.75, 3.05) is 13.2 Å². The smallest absolute Gasteiger partial charge is 0.330 e. The van der Waals surface area contributed by atoms with E-state index >= 15 is 0 Å². The molecule has 0 saturated carbocycles. The van der Waals surface area contributed by atoms with Crippen LogP contribution in [-0.2, 0) is 9.53 Å².